The number of aryl methyl sites for hydroxylation is 2. The summed E-state index contributed by atoms with van der Waals surface area (Å²) in [5.41, 5.74) is 3.45. The molecule has 6 heteroatoms. The fourth-order valence-corrected chi connectivity index (χ4v) is 3.69. The van der Waals surface area contributed by atoms with Crippen LogP contribution >= 0.6 is 0 Å². The molecule has 138 valence electrons. The van der Waals surface area contributed by atoms with Crippen molar-refractivity contribution in [3.63, 3.8) is 0 Å². The summed E-state index contributed by atoms with van der Waals surface area (Å²) < 4.78 is 11.9. The molecule has 2 aliphatic rings. The maximum Gasteiger partial charge on any atom is 0.254 e. The highest BCUT2D eigenvalue weighted by Crippen LogP contribution is 2.27. The molecule has 0 spiro atoms. The van der Waals surface area contributed by atoms with Crippen molar-refractivity contribution in [2.45, 2.75) is 38.2 Å². The number of nitrogens with one attached hydrogen (secondary N) is 2. The third-order valence-electron chi connectivity index (χ3n) is 5.27. The van der Waals surface area contributed by atoms with E-state index in [1.165, 1.54) is 36.6 Å². The highest BCUT2D eigenvalue weighted by molar-refractivity contribution is 5.93. The second-order valence-corrected chi connectivity index (χ2v) is 7.19. The minimum atomic E-state index is -0.121. The zero-order valence-corrected chi connectivity index (χ0v) is 14.9. The van der Waals surface area contributed by atoms with Gasteiger partial charge in [0.15, 0.2) is 0 Å². The van der Waals surface area contributed by atoms with Gasteiger partial charge in [-0.15, -0.1) is 0 Å². The van der Waals surface area contributed by atoms with Crippen LogP contribution in [0.2, 0.25) is 0 Å². The van der Waals surface area contributed by atoms with Gasteiger partial charge in [-0.05, 0) is 55.4 Å². The number of ether oxygens (including phenoxy) is 2. The Morgan fingerprint density at radius 1 is 1.31 bits per heavy atom. The number of amides is 1. The van der Waals surface area contributed by atoms with Gasteiger partial charge in [0, 0.05) is 18.7 Å². The van der Waals surface area contributed by atoms with Gasteiger partial charge in [-0.3, -0.25) is 9.89 Å². The average Bonchev–Trinajstić information content (AvgIpc) is 3.36. The largest absolute Gasteiger partial charge is 0.493 e. The molecule has 2 N–H and O–H groups in total. The van der Waals surface area contributed by atoms with Crippen LogP contribution in [0.5, 0.6) is 5.75 Å². The predicted molar refractivity (Wildman–Crippen MR) is 97.3 cm³/mol. The number of benzene rings is 1. The van der Waals surface area contributed by atoms with E-state index in [4.69, 9.17) is 9.47 Å². The van der Waals surface area contributed by atoms with Crippen LogP contribution in [0, 0.1) is 5.92 Å². The molecule has 26 heavy (non-hydrogen) atoms. The normalized spacial score (nSPS) is 22.0. The smallest absolute Gasteiger partial charge is 0.254 e. The standard InChI is InChI=1S/C20H25N3O3/c24-20(17-9-22-23-10-17)21-11-19-6-4-14(13-26-19)12-25-18-7-5-15-2-1-3-16(15)8-18/h5,7-10,14,19H,1-4,6,11-13H2,(H,21,24)(H,22,23)/t14?,19-/m1/s1. The molecule has 1 aromatic heterocycles. The van der Waals surface area contributed by atoms with Crippen molar-refractivity contribution in [2.24, 2.45) is 5.92 Å². The predicted octanol–water partition coefficient (Wildman–Crippen LogP) is 2.50. The Morgan fingerprint density at radius 2 is 2.23 bits per heavy atom. The molecule has 0 saturated carbocycles. The zero-order chi connectivity index (χ0) is 17.8. The van der Waals surface area contributed by atoms with Crippen LogP contribution in [0.3, 0.4) is 0 Å². The lowest BCUT2D eigenvalue weighted by atomic mass is 9.99. The van der Waals surface area contributed by atoms with Crippen LogP contribution in [-0.4, -0.2) is 42.0 Å². The first-order valence-electron chi connectivity index (χ1n) is 9.41. The summed E-state index contributed by atoms with van der Waals surface area (Å²) in [5.74, 6) is 1.26. The highest BCUT2D eigenvalue weighted by atomic mass is 16.5. The number of H-pyrrole nitrogens is 1. The van der Waals surface area contributed by atoms with Crippen molar-refractivity contribution in [2.75, 3.05) is 19.8 Å². The lowest BCUT2D eigenvalue weighted by Crippen LogP contribution is -2.38. The minimum absolute atomic E-state index is 0.0714. The maximum atomic E-state index is 11.9. The van der Waals surface area contributed by atoms with E-state index in [1.807, 2.05) is 0 Å². The van der Waals surface area contributed by atoms with Gasteiger partial charge >= 0.3 is 0 Å². The molecule has 1 aliphatic carbocycles. The van der Waals surface area contributed by atoms with Crippen LogP contribution in [0.1, 0.15) is 40.7 Å². The molecule has 6 nitrogen and oxygen atoms in total. The number of fused-ring (bicyclic) bond motifs is 1. The molecule has 1 amide bonds. The summed E-state index contributed by atoms with van der Waals surface area (Å²) in [7, 11) is 0. The molecule has 1 saturated heterocycles. The monoisotopic (exact) mass is 355 g/mol. The number of nitrogens with zero attached hydrogens (tertiary/aromatic N) is 1. The third-order valence-corrected chi connectivity index (χ3v) is 5.27. The Labute approximate surface area is 153 Å². The molecule has 1 aliphatic heterocycles. The van der Waals surface area contributed by atoms with Crippen LogP contribution in [-0.2, 0) is 17.6 Å². The maximum absolute atomic E-state index is 11.9. The topological polar surface area (TPSA) is 76.2 Å². The van der Waals surface area contributed by atoms with Crippen molar-refractivity contribution in [3.8, 4) is 5.75 Å². The van der Waals surface area contributed by atoms with Crippen LogP contribution in [0.25, 0.3) is 0 Å². The van der Waals surface area contributed by atoms with Gasteiger partial charge in [-0.25, -0.2) is 0 Å². The molecule has 4 rings (SSSR count). The third kappa shape index (κ3) is 4.07. The first-order chi connectivity index (χ1) is 12.8. The van der Waals surface area contributed by atoms with Gasteiger partial charge in [-0.1, -0.05) is 6.07 Å². The van der Waals surface area contributed by atoms with E-state index in [-0.39, 0.29) is 12.0 Å². The molecule has 1 fully saturated rings. The molecular weight excluding hydrogens is 330 g/mol. The highest BCUT2D eigenvalue weighted by Gasteiger charge is 2.23. The van der Waals surface area contributed by atoms with E-state index in [2.05, 4.69) is 33.7 Å². The summed E-state index contributed by atoms with van der Waals surface area (Å²) in [5, 5.41) is 9.32. The zero-order valence-electron chi connectivity index (χ0n) is 14.9. The Balaban J connectivity index is 1.17. The number of hydrogen-bond acceptors (Lipinski definition) is 4. The van der Waals surface area contributed by atoms with Crippen molar-refractivity contribution in [1.29, 1.82) is 0 Å². The van der Waals surface area contributed by atoms with E-state index < -0.39 is 0 Å². The van der Waals surface area contributed by atoms with E-state index in [0.29, 0.717) is 31.2 Å². The molecule has 0 bridgehead atoms. The van der Waals surface area contributed by atoms with E-state index >= 15 is 0 Å². The van der Waals surface area contributed by atoms with E-state index in [9.17, 15) is 4.79 Å². The van der Waals surface area contributed by atoms with E-state index in [0.717, 1.165) is 18.6 Å². The van der Waals surface area contributed by atoms with Crippen molar-refractivity contribution >= 4 is 5.91 Å². The van der Waals surface area contributed by atoms with Gasteiger partial charge in [0.2, 0.25) is 0 Å². The molecule has 1 aromatic carbocycles. The first kappa shape index (κ1) is 17.1. The van der Waals surface area contributed by atoms with Gasteiger partial charge in [0.25, 0.3) is 5.91 Å². The quantitative estimate of drug-likeness (QED) is 0.835. The summed E-state index contributed by atoms with van der Waals surface area (Å²) in [6.45, 7) is 1.90. The molecule has 0 radical (unpaired) electrons. The summed E-state index contributed by atoms with van der Waals surface area (Å²) >= 11 is 0. The number of carbonyl (C=O) groups is 1. The fraction of sp³-hybridized carbons (Fsp3) is 0.500. The minimum Gasteiger partial charge on any atom is -0.493 e. The SMILES string of the molecule is O=C(NC[C@H]1CCC(COc2ccc3c(c2)CCC3)CO1)c1cn[nH]c1. The summed E-state index contributed by atoms with van der Waals surface area (Å²) in [6, 6.07) is 6.48. The van der Waals surface area contributed by atoms with Crippen molar-refractivity contribution < 1.29 is 14.3 Å². The van der Waals surface area contributed by atoms with Gasteiger partial charge in [0.1, 0.15) is 5.75 Å². The van der Waals surface area contributed by atoms with Gasteiger partial charge < -0.3 is 14.8 Å². The summed E-state index contributed by atoms with van der Waals surface area (Å²) in [6.07, 6.45) is 8.79. The lowest BCUT2D eigenvalue weighted by molar-refractivity contribution is -0.0251. The number of rotatable bonds is 6. The average molecular weight is 355 g/mol. The van der Waals surface area contributed by atoms with E-state index in [1.54, 1.807) is 6.20 Å². The Hall–Kier alpha value is -2.34. The van der Waals surface area contributed by atoms with Crippen molar-refractivity contribution in [1.82, 2.24) is 15.5 Å². The second-order valence-electron chi connectivity index (χ2n) is 7.19. The fourth-order valence-electron chi connectivity index (χ4n) is 3.69. The Kier molecular flexibility index (Phi) is 5.20. The lowest BCUT2D eigenvalue weighted by Gasteiger charge is -2.29. The second kappa shape index (κ2) is 7.91. The number of carbonyl (C=O) groups excluding carboxylic acids is 1. The molecule has 2 atom stereocenters. The number of hydrogen-bond donors (Lipinski definition) is 2. The molecular formula is C20H25N3O3. The Morgan fingerprint density at radius 3 is 3.04 bits per heavy atom. The van der Waals surface area contributed by atoms with Crippen molar-refractivity contribution in [3.05, 3.63) is 47.3 Å². The molecule has 2 aromatic rings. The van der Waals surface area contributed by atoms with Crippen LogP contribution in [0.4, 0.5) is 0 Å². The molecule has 1 unspecified atom stereocenters. The van der Waals surface area contributed by atoms with Crippen LogP contribution in [0.15, 0.2) is 30.6 Å². The number of aromatic amines is 1. The Bertz CT molecular complexity index is 737. The van der Waals surface area contributed by atoms with Gasteiger partial charge in [-0.2, -0.15) is 5.10 Å². The van der Waals surface area contributed by atoms with Gasteiger partial charge in [0.05, 0.1) is 31.1 Å². The summed E-state index contributed by atoms with van der Waals surface area (Å²) in [4.78, 5) is 11.9. The van der Waals surface area contributed by atoms with Crippen LogP contribution < -0.4 is 10.1 Å². The first-order valence-corrected chi connectivity index (χ1v) is 9.41. The number of aromatic nitrogens is 2. The molecule has 2 heterocycles.